The predicted molar refractivity (Wildman–Crippen MR) is 119 cm³/mol. The number of fused-ring (bicyclic) bond motifs is 1. The van der Waals surface area contributed by atoms with Crippen LogP contribution in [0.25, 0.3) is 21.9 Å². The van der Waals surface area contributed by atoms with Crippen molar-refractivity contribution in [1.82, 2.24) is 14.8 Å². The molecule has 6 nitrogen and oxygen atoms in total. The highest BCUT2D eigenvalue weighted by molar-refractivity contribution is 5.89. The van der Waals surface area contributed by atoms with E-state index in [1.165, 1.54) is 0 Å². The van der Waals surface area contributed by atoms with Crippen LogP contribution in [-0.2, 0) is 0 Å². The Morgan fingerprint density at radius 3 is 2.63 bits per heavy atom. The molecule has 3 aromatic rings. The van der Waals surface area contributed by atoms with E-state index in [1.807, 2.05) is 24.3 Å². The average molecular weight is 408 g/mol. The highest BCUT2D eigenvalue weighted by Crippen LogP contribution is 2.32. The van der Waals surface area contributed by atoms with Crippen LogP contribution in [0.1, 0.15) is 0 Å². The SMILES string of the molecule is COc1cnccc1-c1ccc2ccc(OCC(O)CN3CCN(C)CC3)cc2c1. The number of benzene rings is 2. The molecular weight excluding hydrogens is 378 g/mol. The lowest BCUT2D eigenvalue weighted by Gasteiger charge is -2.33. The molecule has 1 atom stereocenters. The van der Waals surface area contributed by atoms with Crippen molar-refractivity contribution < 1.29 is 14.6 Å². The number of β-amino-alcohol motifs (C(OH)–C–C–N with tert-alkyl or cyclic N) is 1. The van der Waals surface area contributed by atoms with Crippen molar-refractivity contribution in [2.45, 2.75) is 6.10 Å². The molecule has 0 radical (unpaired) electrons. The van der Waals surface area contributed by atoms with Gasteiger partial charge in [-0.15, -0.1) is 0 Å². The van der Waals surface area contributed by atoms with Crippen LogP contribution in [0, 0.1) is 0 Å². The summed E-state index contributed by atoms with van der Waals surface area (Å²) in [5.74, 6) is 1.51. The van der Waals surface area contributed by atoms with Gasteiger partial charge in [0.1, 0.15) is 24.2 Å². The summed E-state index contributed by atoms with van der Waals surface area (Å²) < 4.78 is 11.4. The Kier molecular flexibility index (Phi) is 6.47. The second-order valence-corrected chi connectivity index (χ2v) is 7.87. The molecule has 6 heteroatoms. The Hall–Kier alpha value is -2.67. The lowest BCUT2D eigenvalue weighted by atomic mass is 10.0. The molecule has 4 rings (SSSR count). The Bertz CT molecular complexity index is 986. The zero-order valence-corrected chi connectivity index (χ0v) is 17.6. The number of ether oxygens (including phenoxy) is 2. The minimum absolute atomic E-state index is 0.287. The van der Waals surface area contributed by atoms with E-state index in [-0.39, 0.29) is 6.61 Å². The van der Waals surface area contributed by atoms with Crippen molar-refractivity contribution in [2.75, 3.05) is 53.5 Å². The lowest BCUT2D eigenvalue weighted by molar-refractivity contribution is 0.0505. The van der Waals surface area contributed by atoms with Crippen molar-refractivity contribution >= 4 is 10.8 Å². The van der Waals surface area contributed by atoms with Crippen molar-refractivity contribution in [3.63, 3.8) is 0 Å². The molecule has 0 saturated carbocycles. The molecule has 2 heterocycles. The van der Waals surface area contributed by atoms with Gasteiger partial charge in [0.25, 0.3) is 0 Å². The predicted octanol–water partition coefficient (Wildman–Crippen LogP) is 2.90. The van der Waals surface area contributed by atoms with Gasteiger partial charge < -0.3 is 19.5 Å². The highest BCUT2D eigenvalue weighted by atomic mass is 16.5. The van der Waals surface area contributed by atoms with Gasteiger partial charge in [-0.3, -0.25) is 9.88 Å². The minimum Gasteiger partial charge on any atom is -0.494 e. The number of hydrogen-bond acceptors (Lipinski definition) is 6. The maximum absolute atomic E-state index is 10.4. The first-order valence-corrected chi connectivity index (χ1v) is 10.4. The molecule has 1 aliphatic heterocycles. The fourth-order valence-corrected chi connectivity index (χ4v) is 3.84. The molecule has 0 aliphatic carbocycles. The van der Waals surface area contributed by atoms with Crippen LogP contribution >= 0.6 is 0 Å². The second-order valence-electron chi connectivity index (χ2n) is 7.87. The first kappa shape index (κ1) is 20.6. The van der Waals surface area contributed by atoms with E-state index in [1.54, 1.807) is 19.5 Å². The third-order valence-corrected chi connectivity index (χ3v) is 5.63. The lowest BCUT2D eigenvalue weighted by Crippen LogP contribution is -2.47. The number of aliphatic hydroxyl groups excluding tert-OH is 1. The van der Waals surface area contributed by atoms with E-state index in [2.05, 4.69) is 40.0 Å². The zero-order chi connectivity index (χ0) is 20.9. The molecular formula is C24H29N3O3. The third-order valence-electron chi connectivity index (χ3n) is 5.63. The maximum Gasteiger partial charge on any atom is 0.144 e. The van der Waals surface area contributed by atoms with E-state index in [9.17, 15) is 5.11 Å². The van der Waals surface area contributed by atoms with Crippen LogP contribution in [0.3, 0.4) is 0 Å². The van der Waals surface area contributed by atoms with Crippen molar-refractivity contribution in [2.24, 2.45) is 0 Å². The number of methoxy groups -OCH3 is 1. The summed E-state index contributed by atoms with van der Waals surface area (Å²) in [6.45, 7) is 5.00. The summed E-state index contributed by atoms with van der Waals surface area (Å²) in [5, 5.41) is 12.6. The van der Waals surface area contributed by atoms with Gasteiger partial charge in [-0.1, -0.05) is 18.2 Å². The van der Waals surface area contributed by atoms with Crippen LogP contribution in [0.4, 0.5) is 0 Å². The van der Waals surface area contributed by atoms with Crippen molar-refractivity contribution in [1.29, 1.82) is 0 Å². The molecule has 1 N–H and O–H groups in total. The Morgan fingerprint density at radius 1 is 1.03 bits per heavy atom. The molecule has 1 unspecified atom stereocenters. The van der Waals surface area contributed by atoms with Crippen molar-refractivity contribution in [3.05, 3.63) is 54.9 Å². The van der Waals surface area contributed by atoms with Crippen LogP contribution in [-0.4, -0.2) is 79.5 Å². The second kappa shape index (κ2) is 9.43. The third kappa shape index (κ3) is 4.90. The molecule has 1 aromatic heterocycles. The monoisotopic (exact) mass is 407 g/mol. The molecule has 0 bridgehead atoms. The van der Waals surface area contributed by atoms with Gasteiger partial charge in [0, 0.05) is 44.5 Å². The normalized spacial score (nSPS) is 16.5. The van der Waals surface area contributed by atoms with Gasteiger partial charge in [0.05, 0.1) is 13.3 Å². The number of piperazine rings is 1. The quantitative estimate of drug-likeness (QED) is 0.650. The van der Waals surface area contributed by atoms with Crippen LogP contribution < -0.4 is 9.47 Å². The van der Waals surface area contributed by atoms with Gasteiger partial charge in [-0.05, 0) is 47.6 Å². The van der Waals surface area contributed by atoms with Gasteiger partial charge in [-0.25, -0.2) is 0 Å². The number of hydrogen-bond donors (Lipinski definition) is 1. The zero-order valence-electron chi connectivity index (χ0n) is 17.6. The fraction of sp³-hybridized carbons (Fsp3) is 0.375. The van der Waals surface area contributed by atoms with E-state index in [0.29, 0.717) is 6.54 Å². The summed E-state index contributed by atoms with van der Waals surface area (Å²) in [7, 11) is 3.79. The van der Waals surface area contributed by atoms with Crippen molar-refractivity contribution in [3.8, 4) is 22.6 Å². The Balaban J connectivity index is 1.43. The van der Waals surface area contributed by atoms with Gasteiger partial charge in [-0.2, -0.15) is 0 Å². The van der Waals surface area contributed by atoms with E-state index < -0.39 is 6.10 Å². The first-order valence-electron chi connectivity index (χ1n) is 10.4. The maximum atomic E-state index is 10.4. The number of nitrogens with zero attached hydrogens (tertiary/aromatic N) is 3. The summed E-state index contributed by atoms with van der Waals surface area (Å²) in [5.41, 5.74) is 2.07. The van der Waals surface area contributed by atoms with Crippen LogP contribution in [0.15, 0.2) is 54.9 Å². The van der Waals surface area contributed by atoms with E-state index in [0.717, 1.165) is 59.6 Å². The van der Waals surface area contributed by atoms with Gasteiger partial charge in [0.2, 0.25) is 0 Å². The highest BCUT2D eigenvalue weighted by Gasteiger charge is 2.17. The van der Waals surface area contributed by atoms with Gasteiger partial charge >= 0.3 is 0 Å². The fourth-order valence-electron chi connectivity index (χ4n) is 3.84. The molecule has 30 heavy (non-hydrogen) atoms. The Morgan fingerprint density at radius 2 is 1.83 bits per heavy atom. The molecule has 0 amide bonds. The summed E-state index contributed by atoms with van der Waals surface area (Å²) in [6, 6.07) is 14.3. The number of rotatable bonds is 7. The number of aliphatic hydroxyl groups is 1. The first-order chi connectivity index (χ1) is 14.6. The molecule has 2 aromatic carbocycles. The summed E-state index contributed by atoms with van der Waals surface area (Å²) in [4.78, 5) is 8.73. The standard InChI is InChI=1S/C24H29N3O3/c1-26-9-11-27(12-10-26)16-21(28)17-30-22-6-5-18-3-4-19(13-20(18)14-22)23-7-8-25-15-24(23)29-2/h3-8,13-15,21,28H,9-12,16-17H2,1-2H3. The van der Waals surface area contributed by atoms with E-state index in [4.69, 9.17) is 9.47 Å². The molecule has 158 valence electrons. The van der Waals surface area contributed by atoms with Crippen LogP contribution in [0.2, 0.25) is 0 Å². The Labute approximate surface area is 177 Å². The number of pyridine rings is 1. The number of likely N-dealkylation sites (N-methyl/N-ethyl adjacent to an activating group) is 1. The topological polar surface area (TPSA) is 58.1 Å². The molecule has 1 saturated heterocycles. The molecule has 0 spiro atoms. The largest absolute Gasteiger partial charge is 0.494 e. The average Bonchev–Trinajstić information content (AvgIpc) is 2.78. The summed E-state index contributed by atoms with van der Waals surface area (Å²) in [6.07, 6.45) is 2.99. The molecule has 1 fully saturated rings. The molecule has 1 aliphatic rings. The smallest absolute Gasteiger partial charge is 0.144 e. The number of aromatic nitrogens is 1. The van der Waals surface area contributed by atoms with E-state index >= 15 is 0 Å². The minimum atomic E-state index is -0.503. The van der Waals surface area contributed by atoms with Crippen LogP contribution in [0.5, 0.6) is 11.5 Å². The van der Waals surface area contributed by atoms with Gasteiger partial charge in [0.15, 0.2) is 0 Å². The summed E-state index contributed by atoms with van der Waals surface area (Å²) >= 11 is 0.